The first-order valence-electron chi connectivity index (χ1n) is 11.4. The van der Waals surface area contributed by atoms with Gasteiger partial charge in [0.25, 0.3) is 0 Å². The number of aromatic nitrogens is 1. The van der Waals surface area contributed by atoms with Crippen LogP contribution in [0.4, 0.5) is 4.79 Å². The molecule has 4 rings (SSSR count). The number of carbonyl (C=O) groups is 1. The molecule has 174 valence electrons. The molecule has 1 saturated heterocycles. The number of hydrogen-bond donors (Lipinski definition) is 1. The van der Waals surface area contributed by atoms with Gasteiger partial charge in [0.1, 0.15) is 5.60 Å². The quantitative estimate of drug-likeness (QED) is 0.524. The van der Waals surface area contributed by atoms with Gasteiger partial charge in [-0.2, -0.15) is 5.26 Å². The number of aliphatic hydroxyl groups is 1. The number of rotatable bonds is 6. The van der Waals surface area contributed by atoms with E-state index in [9.17, 15) is 9.90 Å². The Morgan fingerprint density at radius 1 is 1.18 bits per heavy atom. The first-order valence-corrected chi connectivity index (χ1v) is 11.4. The van der Waals surface area contributed by atoms with Crippen LogP contribution in [0.3, 0.4) is 0 Å². The van der Waals surface area contributed by atoms with Gasteiger partial charge in [-0.1, -0.05) is 54.6 Å². The number of cyclic esters (lactones) is 1. The van der Waals surface area contributed by atoms with E-state index in [1.54, 1.807) is 37.1 Å². The summed E-state index contributed by atoms with van der Waals surface area (Å²) in [5, 5.41) is 19.7. The molecule has 0 radical (unpaired) electrons. The summed E-state index contributed by atoms with van der Waals surface area (Å²) in [6, 6.07) is 22.9. The predicted molar refractivity (Wildman–Crippen MR) is 130 cm³/mol. The Kier molecular flexibility index (Phi) is 6.41. The van der Waals surface area contributed by atoms with Crippen LogP contribution in [0.25, 0.3) is 11.3 Å². The molecular formula is C28H29N3O3. The summed E-state index contributed by atoms with van der Waals surface area (Å²) < 4.78 is 6.10. The number of carbonyl (C=O) groups excluding carboxylic acids is 1. The molecule has 1 amide bonds. The summed E-state index contributed by atoms with van der Waals surface area (Å²) in [6.07, 6.45) is 2.14. The molecule has 2 unspecified atom stereocenters. The number of pyridine rings is 1. The van der Waals surface area contributed by atoms with Crippen LogP contribution >= 0.6 is 0 Å². The van der Waals surface area contributed by atoms with Crippen LogP contribution in [0.2, 0.25) is 0 Å². The van der Waals surface area contributed by atoms with Gasteiger partial charge in [-0.3, -0.25) is 4.98 Å². The lowest BCUT2D eigenvalue weighted by Crippen LogP contribution is -2.51. The molecule has 6 heteroatoms. The van der Waals surface area contributed by atoms with Crippen LogP contribution in [0.15, 0.2) is 72.9 Å². The van der Waals surface area contributed by atoms with Gasteiger partial charge >= 0.3 is 6.09 Å². The minimum absolute atomic E-state index is 0.184. The van der Waals surface area contributed by atoms with Crippen LogP contribution in [0.5, 0.6) is 0 Å². The first kappa shape index (κ1) is 23.5. The molecule has 0 saturated carbocycles. The van der Waals surface area contributed by atoms with E-state index in [4.69, 9.17) is 10.00 Å². The summed E-state index contributed by atoms with van der Waals surface area (Å²) >= 11 is 0. The highest BCUT2D eigenvalue weighted by molar-refractivity contribution is 5.70. The maximum atomic E-state index is 13.2. The SMILES string of the molecule is CC(c1ccc(-c2cc(C#N)ccn2)cc1)N1CCC(CC(C)(C)O)(c2ccccc2)OC1=O. The first-order chi connectivity index (χ1) is 16.2. The van der Waals surface area contributed by atoms with Crippen LogP contribution in [-0.2, 0) is 10.3 Å². The molecule has 0 bridgehead atoms. The average Bonchev–Trinajstić information content (AvgIpc) is 2.83. The van der Waals surface area contributed by atoms with Crippen molar-refractivity contribution in [1.82, 2.24) is 9.88 Å². The van der Waals surface area contributed by atoms with Gasteiger partial charge in [0.2, 0.25) is 0 Å². The fourth-order valence-electron chi connectivity index (χ4n) is 4.66. The largest absolute Gasteiger partial charge is 0.438 e. The van der Waals surface area contributed by atoms with E-state index >= 15 is 0 Å². The monoisotopic (exact) mass is 455 g/mol. The van der Waals surface area contributed by atoms with Crippen molar-refractivity contribution < 1.29 is 14.6 Å². The van der Waals surface area contributed by atoms with Gasteiger partial charge in [0.15, 0.2) is 0 Å². The van der Waals surface area contributed by atoms with Crippen molar-refractivity contribution >= 4 is 6.09 Å². The fraction of sp³-hybridized carbons (Fsp3) is 0.321. The predicted octanol–water partition coefficient (Wildman–Crippen LogP) is 5.58. The van der Waals surface area contributed by atoms with Gasteiger partial charge in [0.05, 0.1) is 29.0 Å². The highest BCUT2D eigenvalue weighted by Gasteiger charge is 2.46. The smallest absolute Gasteiger partial charge is 0.411 e. The van der Waals surface area contributed by atoms with Crippen molar-refractivity contribution in [2.24, 2.45) is 0 Å². The van der Waals surface area contributed by atoms with Gasteiger partial charge < -0.3 is 14.7 Å². The van der Waals surface area contributed by atoms with Crippen molar-refractivity contribution in [2.45, 2.75) is 50.9 Å². The zero-order valence-corrected chi connectivity index (χ0v) is 19.7. The van der Waals surface area contributed by atoms with Crippen LogP contribution in [0.1, 0.15) is 56.3 Å². The van der Waals surface area contributed by atoms with E-state index in [0.29, 0.717) is 24.9 Å². The Morgan fingerprint density at radius 2 is 1.88 bits per heavy atom. The third-order valence-corrected chi connectivity index (χ3v) is 6.34. The molecule has 0 aliphatic carbocycles. The topological polar surface area (TPSA) is 86.5 Å². The zero-order chi connectivity index (χ0) is 24.3. The number of amides is 1. The lowest BCUT2D eigenvalue weighted by molar-refractivity contribution is -0.101. The molecule has 34 heavy (non-hydrogen) atoms. The van der Waals surface area contributed by atoms with Crippen molar-refractivity contribution in [3.8, 4) is 17.3 Å². The van der Waals surface area contributed by atoms with Crippen molar-refractivity contribution in [1.29, 1.82) is 5.26 Å². The fourth-order valence-corrected chi connectivity index (χ4v) is 4.66. The summed E-state index contributed by atoms with van der Waals surface area (Å²) in [5.41, 5.74) is 2.22. The van der Waals surface area contributed by atoms with Gasteiger partial charge in [0, 0.05) is 31.1 Å². The summed E-state index contributed by atoms with van der Waals surface area (Å²) in [4.78, 5) is 19.3. The van der Waals surface area contributed by atoms with E-state index in [1.807, 2.05) is 61.5 Å². The minimum Gasteiger partial charge on any atom is -0.438 e. The zero-order valence-electron chi connectivity index (χ0n) is 19.7. The Morgan fingerprint density at radius 3 is 2.50 bits per heavy atom. The van der Waals surface area contributed by atoms with Gasteiger partial charge in [-0.15, -0.1) is 0 Å². The summed E-state index contributed by atoms with van der Waals surface area (Å²) in [6.45, 7) is 5.97. The molecule has 1 fully saturated rings. The minimum atomic E-state index is -0.989. The van der Waals surface area contributed by atoms with Gasteiger partial charge in [-0.25, -0.2) is 4.79 Å². The maximum Gasteiger partial charge on any atom is 0.411 e. The number of nitrogens with zero attached hydrogens (tertiary/aromatic N) is 3. The van der Waals surface area contributed by atoms with E-state index in [1.165, 1.54) is 0 Å². The molecule has 1 N–H and O–H groups in total. The number of hydrogen-bond acceptors (Lipinski definition) is 5. The Bertz CT molecular complexity index is 1200. The highest BCUT2D eigenvalue weighted by atomic mass is 16.6. The van der Waals surface area contributed by atoms with Crippen LogP contribution < -0.4 is 0 Å². The van der Waals surface area contributed by atoms with Crippen LogP contribution in [-0.4, -0.2) is 33.2 Å². The molecule has 1 aromatic heterocycles. The Balaban J connectivity index is 1.53. The van der Waals surface area contributed by atoms with Crippen molar-refractivity contribution in [3.05, 3.63) is 89.6 Å². The van der Waals surface area contributed by atoms with E-state index in [2.05, 4.69) is 11.1 Å². The number of benzene rings is 2. The number of ether oxygens (including phenoxy) is 1. The van der Waals surface area contributed by atoms with Gasteiger partial charge in [-0.05, 0) is 44.0 Å². The van der Waals surface area contributed by atoms with Crippen LogP contribution in [0, 0.1) is 11.3 Å². The second kappa shape index (κ2) is 9.28. The normalized spacial score (nSPS) is 19.3. The molecule has 2 heterocycles. The summed E-state index contributed by atoms with van der Waals surface area (Å²) in [7, 11) is 0. The molecule has 1 aliphatic heterocycles. The molecule has 0 spiro atoms. The number of nitriles is 1. The van der Waals surface area contributed by atoms with E-state index in [0.717, 1.165) is 22.4 Å². The van der Waals surface area contributed by atoms with E-state index < -0.39 is 11.2 Å². The molecule has 2 aromatic carbocycles. The van der Waals surface area contributed by atoms with Crippen molar-refractivity contribution in [3.63, 3.8) is 0 Å². The Hall–Kier alpha value is -3.69. The second-order valence-electron chi connectivity index (χ2n) is 9.50. The lowest BCUT2D eigenvalue weighted by Gasteiger charge is -2.45. The third kappa shape index (κ3) is 4.95. The standard InChI is InChI=1S/C28H29N3O3/c1-20(22-9-11-23(12-10-22)25-17-21(18-29)13-15-30-25)31-16-14-28(34-26(31)32,19-27(2,3)33)24-7-5-4-6-8-24/h4-13,15,17,20,33H,14,16,19H2,1-3H3. The molecule has 1 aliphatic rings. The Labute approximate surface area is 200 Å². The molecule has 6 nitrogen and oxygen atoms in total. The van der Waals surface area contributed by atoms with Crippen molar-refractivity contribution in [2.75, 3.05) is 6.54 Å². The lowest BCUT2D eigenvalue weighted by atomic mass is 9.80. The average molecular weight is 456 g/mol. The third-order valence-electron chi connectivity index (χ3n) is 6.34. The maximum absolute atomic E-state index is 13.2. The molecular weight excluding hydrogens is 426 g/mol. The van der Waals surface area contributed by atoms with E-state index in [-0.39, 0.29) is 12.1 Å². The highest BCUT2D eigenvalue weighted by Crippen LogP contribution is 2.42. The second-order valence-corrected chi connectivity index (χ2v) is 9.50. The summed E-state index contributed by atoms with van der Waals surface area (Å²) in [5.74, 6) is 0. The molecule has 3 aromatic rings. The molecule has 2 atom stereocenters.